The molecule has 54 valence electrons. The summed E-state index contributed by atoms with van der Waals surface area (Å²) in [5, 5.41) is 14.3. The van der Waals surface area contributed by atoms with Gasteiger partial charge in [-0.1, -0.05) is 4.68 Å². The molecule has 1 saturated carbocycles. The Balaban J connectivity index is 2.40. The molecule has 1 heterocycles. The summed E-state index contributed by atoms with van der Waals surface area (Å²) in [7, 11) is 0. The highest BCUT2D eigenvalue weighted by molar-refractivity contribution is 14.1. The first-order chi connectivity index (χ1) is 4.79. The second-order valence-corrected chi connectivity index (χ2v) is 3.35. The number of halogens is 1. The van der Waals surface area contributed by atoms with Crippen molar-refractivity contribution in [3.63, 3.8) is 0 Å². The molecule has 2 rings (SSSR count). The molecule has 0 bridgehead atoms. The van der Waals surface area contributed by atoms with Crippen LogP contribution in [0.15, 0.2) is 4.52 Å². The monoisotopic (exact) mass is 252 g/mol. The van der Waals surface area contributed by atoms with Gasteiger partial charge < -0.3 is 9.63 Å². The molecular formula is C5H5IN2O2. The number of hydrogen-bond donors (Lipinski definition) is 0. The Kier molecular flexibility index (Phi) is 1.33. The lowest BCUT2D eigenvalue weighted by Crippen LogP contribution is -2.37. The smallest absolute Gasteiger partial charge is 0.292 e. The minimum atomic E-state index is -0.326. The molecule has 0 spiro atoms. The summed E-state index contributed by atoms with van der Waals surface area (Å²) in [5.41, 5.74) is 0. The van der Waals surface area contributed by atoms with E-state index >= 15 is 0 Å². The van der Waals surface area contributed by atoms with Crippen LogP contribution >= 0.6 is 22.6 Å². The van der Waals surface area contributed by atoms with Crippen molar-refractivity contribution in [2.45, 2.75) is 18.9 Å². The Morgan fingerprint density at radius 1 is 1.70 bits per heavy atom. The zero-order chi connectivity index (χ0) is 7.14. The molecule has 10 heavy (non-hydrogen) atoms. The molecule has 0 aromatic carbocycles. The van der Waals surface area contributed by atoms with E-state index in [1.54, 1.807) is 4.68 Å². The van der Waals surface area contributed by atoms with Gasteiger partial charge in [-0.3, -0.25) is 0 Å². The number of hydrogen-bond acceptors (Lipinski definition) is 3. The molecule has 0 amide bonds. The van der Waals surface area contributed by atoms with Crippen LogP contribution in [0.2, 0.25) is 0 Å². The van der Waals surface area contributed by atoms with Gasteiger partial charge in [-0.05, 0) is 0 Å². The molecular weight excluding hydrogens is 247 g/mol. The second-order valence-electron chi connectivity index (χ2n) is 2.33. The highest BCUT2D eigenvalue weighted by atomic mass is 127. The van der Waals surface area contributed by atoms with Crippen molar-refractivity contribution in [2.75, 3.05) is 0 Å². The lowest BCUT2D eigenvalue weighted by atomic mass is 10.7. The van der Waals surface area contributed by atoms with Crippen molar-refractivity contribution in [1.82, 2.24) is 5.27 Å². The van der Waals surface area contributed by atoms with E-state index in [0.717, 1.165) is 12.8 Å². The Morgan fingerprint density at radius 2 is 2.40 bits per heavy atom. The fourth-order valence-corrected chi connectivity index (χ4v) is 1.37. The molecule has 5 heteroatoms. The predicted octanol–water partition coefficient (Wildman–Crippen LogP) is -0.0248. The minimum absolute atomic E-state index is 0.326. The lowest BCUT2D eigenvalue weighted by molar-refractivity contribution is -0.776. The van der Waals surface area contributed by atoms with Crippen molar-refractivity contribution in [3.05, 3.63) is 3.70 Å². The van der Waals surface area contributed by atoms with E-state index < -0.39 is 0 Å². The zero-order valence-corrected chi connectivity index (χ0v) is 7.24. The highest BCUT2D eigenvalue weighted by Crippen LogP contribution is 2.30. The van der Waals surface area contributed by atoms with E-state index in [1.807, 2.05) is 22.6 Å². The van der Waals surface area contributed by atoms with Crippen LogP contribution in [0.4, 0.5) is 0 Å². The molecule has 0 atom stereocenters. The van der Waals surface area contributed by atoms with Gasteiger partial charge in [0.05, 0.1) is 5.27 Å². The third-order valence-electron chi connectivity index (χ3n) is 1.47. The molecule has 0 unspecified atom stereocenters. The molecule has 4 nitrogen and oxygen atoms in total. The maximum Gasteiger partial charge on any atom is 0.292 e. The average molecular weight is 252 g/mol. The summed E-state index contributed by atoms with van der Waals surface area (Å²) >= 11 is 1.95. The molecule has 1 aliphatic rings. The maximum atomic E-state index is 10.7. The zero-order valence-electron chi connectivity index (χ0n) is 5.08. The highest BCUT2D eigenvalue weighted by Gasteiger charge is 2.36. The summed E-state index contributed by atoms with van der Waals surface area (Å²) in [6.45, 7) is 0. The Labute approximate surface area is 70.9 Å². The molecule has 1 aliphatic carbocycles. The van der Waals surface area contributed by atoms with Gasteiger partial charge >= 0.3 is 0 Å². The van der Waals surface area contributed by atoms with Crippen molar-refractivity contribution in [1.29, 1.82) is 0 Å². The maximum absolute atomic E-state index is 10.7. The first-order valence-corrected chi connectivity index (χ1v) is 4.11. The van der Waals surface area contributed by atoms with Crippen LogP contribution < -0.4 is 9.79 Å². The van der Waals surface area contributed by atoms with Crippen LogP contribution in [0.25, 0.3) is 0 Å². The molecule has 0 saturated heterocycles. The fraction of sp³-hybridized carbons (Fsp3) is 0.600. The number of nitrogens with zero attached hydrogens (tertiary/aromatic N) is 2. The molecule has 1 aromatic rings. The van der Waals surface area contributed by atoms with Crippen molar-refractivity contribution < 1.29 is 14.3 Å². The molecule has 1 aromatic heterocycles. The summed E-state index contributed by atoms with van der Waals surface area (Å²) in [6, 6.07) is 0.429. The lowest BCUT2D eigenvalue weighted by Gasteiger charge is -1.83. The van der Waals surface area contributed by atoms with Crippen LogP contribution in [0.1, 0.15) is 18.9 Å². The fourth-order valence-electron chi connectivity index (χ4n) is 0.794. The largest absolute Gasteiger partial charge is 0.538 e. The number of rotatable bonds is 1. The number of aromatic nitrogens is 2. The minimum Gasteiger partial charge on any atom is -0.538 e. The van der Waals surface area contributed by atoms with Crippen molar-refractivity contribution in [3.8, 4) is 5.95 Å². The molecule has 0 aliphatic heterocycles. The normalized spacial score (nSPS) is 17.7. The molecule has 0 radical (unpaired) electrons. The molecule has 1 fully saturated rings. The van der Waals surface area contributed by atoms with Crippen LogP contribution in [0.5, 0.6) is 5.95 Å². The Morgan fingerprint density at radius 3 is 2.80 bits per heavy atom. The first kappa shape index (κ1) is 6.38. The first-order valence-electron chi connectivity index (χ1n) is 3.03. The third-order valence-corrected chi connectivity index (χ3v) is 2.41. The third kappa shape index (κ3) is 0.882. The Hall–Kier alpha value is -0.330. The summed E-state index contributed by atoms with van der Waals surface area (Å²) in [4.78, 5) is 0. The van der Waals surface area contributed by atoms with Crippen LogP contribution in [-0.2, 0) is 0 Å². The standard InChI is InChI=1S/C5H5IN2O2/c6-4-5(9)10-7-8(4)3-1-2-3/h3H,1-2H2. The Bertz CT molecular complexity index is 256. The van der Waals surface area contributed by atoms with Crippen molar-refractivity contribution in [2.24, 2.45) is 0 Å². The van der Waals surface area contributed by atoms with Gasteiger partial charge in [0, 0.05) is 35.4 Å². The summed E-state index contributed by atoms with van der Waals surface area (Å²) in [5.74, 6) is -0.326. The van der Waals surface area contributed by atoms with Gasteiger partial charge in [-0.15, -0.1) is 0 Å². The molecule has 0 N–H and O–H groups in total. The van der Waals surface area contributed by atoms with Gasteiger partial charge in [0.2, 0.25) is 0 Å². The SMILES string of the molecule is [O-]c1on[n+](C2CC2)c1I. The van der Waals surface area contributed by atoms with Crippen LogP contribution in [-0.4, -0.2) is 5.27 Å². The van der Waals surface area contributed by atoms with Gasteiger partial charge in [-0.25, -0.2) is 0 Å². The van der Waals surface area contributed by atoms with Gasteiger partial charge in [-0.2, -0.15) is 0 Å². The van der Waals surface area contributed by atoms with E-state index in [0.29, 0.717) is 9.74 Å². The summed E-state index contributed by atoms with van der Waals surface area (Å²) in [6.07, 6.45) is 2.24. The van der Waals surface area contributed by atoms with Gasteiger partial charge in [0.25, 0.3) is 3.70 Å². The van der Waals surface area contributed by atoms with E-state index in [4.69, 9.17) is 0 Å². The van der Waals surface area contributed by atoms with E-state index in [9.17, 15) is 5.11 Å². The topological polar surface area (TPSA) is 53.0 Å². The van der Waals surface area contributed by atoms with Gasteiger partial charge in [0.1, 0.15) is 0 Å². The van der Waals surface area contributed by atoms with E-state index in [-0.39, 0.29) is 5.95 Å². The average Bonchev–Trinajstić information content (AvgIpc) is 2.67. The van der Waals surface area contributed by atoms with Crippen molar-refractivity contribution >= 4 is 22.6 Å². The quantitative estimate of drug-likeness (QED) is 0.521. The second kappa shape index (κ2) is 2.08. The predicted molar refractivity (Wildman–Crippen MR) is 37.1 cm³/mol. The summed E-state index contributed by atoms with van der Waals surface area (Å²) < 4.78 is 6.69. The van der Waals surface area contributed by atoms with E-state index in [1.165, 1.54) is 0 Å². The van der Waals surface area contributed by atoms with Crippen LogP contribution in [0.3, 0.4) is 0 Å². The van der Waals surface area contributed by atoms with Gasteiger partial charge in [0.15, 0.2) is 12.0 Å². The van der Waals surface area contributed by atoms with E-state index in [2.05, 4.69) is 9.79 Å². The van der Waals surface area contributed by atoms with Crippen LogP contribution in [0, 0.1) is 3.70 Å².